The van der Waals surface area contributed by atoms with Crippen molar-refractivity contribution in [2.24, 2.45) is 0 Å². The maximum atomic E-state index is 13.4. The van der Waals surface area contributed by atoms with Crippen LogP contribution in [-0.4, -0.2) is 61.2 Å². The lowest BCUT2D eigenvalue weighted by molar-refractivity contribution is -0.114. The minimum atomic E-state index is -3.85. The van der Waals surface area contributed by atoms with Crippen LogP contribution in [0, 0.1) is 0 Å². The number of hydrogen-bond acceptors (Lipinski definition) is 6. The molecule has 2 amide bonds. The van der Waals surface area contributed by atoms with E-state index in [1.165, 1.54) is 6.92 Å². The molecule has 0 unspecified atom stereocenters. The van der Waals surface area contributed by atoms with E-state index in [1.807, 2.05) is 30.3 Å². The number of benzene rings is 2. The van der Waals surface area contributed by atoms with E-state index in [0.29, 0.717) is 48.8 Å². The first-order valence-electron chi connectivity index (χ1n) is 10.5. The maximum absolute atomic E-state index is 13.4. The first kappa shape index (κ1) is 21.4. The van der Waals surface area contributed by atoms with Gasteiger partial charge in [-0.05, 0) is 18.2 Å². The molecule has 0 radical (unpaired) electrons. The van der Waals surface area contributed by atoms with Crippen molar-refractivity contribution in [1.82, 2.24) is 14.7 Å². The van der Waals surface area contributed by atoms with E-state index in [0.717, 1.165) is 0 Å². The quantitative estimate of drug-likeness (QED) is 0.634. The lowest BCUT2D eigenvalue weighted by Gasteiger charge is -2.26. The van der Waals surface area contributed by atoms with Gasteiger partial charge < -0.3 is 15.0 Å². The normalized spacial score (nSPS) is 16.6. The summed E-state index contributed by atoms with van der Waals surface area (Å²) < 4.78 is 33.8. The molecule has 0 spiro atoms. The minimum Gasteiger partial charge on any atom is -0.378 e. The van der Waals surface area contributed by atoms with Gasteiger partial charge in [0, 0.05) is 31.1 Å². The van der Waals surface area contributed by atoms with Crippen molar-refractivity contribution >= 4 is 27.3 Å². The number of aromatic nitrogens is 2. The zero-order valence-corrected chi connectivity index (χ0v) is 18.8. The molecule has 2 aromatic carbocycles. The van der Waals surface area contributed by atoms with Gasteiger partial charge in [-0.2, -0.15) is 5.10 Å². The number of morpholine rings is 1. The van der Waals surface area contributed by atoms with Gasteiger partial charge in [-0.15, -0.1) is 0 Å². The zero-order chi connectivity index (χ0) is 23.2. The molecule has 5 rings (SSSR count). The number of para-hydroxylation sites is 1. The van der Waals surface area contributed by atoms with Gasteiger partial charge in [-0.25, -0.2) is 13.1 Å². The van der Waals surface area contributed by atoms with E-state index in [1.54, 1.807) is 27.8 Å². The predicted octanol–water partition coefficient (Wildman–Crippen LogP) is 2.26. The van der Waals surface area contributed by atoms with E-state index < -0.39 is 9.84 Å². The fraction of sp³-hybridized carbons (Fsp3) is 0.261. The van der Waals surface area contributed by atoms with Gasteiger partial charge in [0.15, 0.2) is 15.5 Å². The fourth-order valence-corrected chi connectivity index (χ4v) is 6.07. The van der Waals surface area contributed by atoms with Gasteiger partial charge in [-0.3, -0.25) is 9.59 Å². The molecule has 33 heavy (non-hydrogen) atoms. The number of carbonyl (C=O) groups excluding carboxylic acids is 2. The number of fused-ring (bicyclic) bond motifs is 3. The van der Waals surface area contributed by atoms with Crippen LogP contribution >= 0.6 is 0 Å². The van der Waals surface area contributed by atoms with Gasteiger partial charge in [0.1, 0.15) is 4.90 Å². The lowest BCUT2D eigenvalue weighted by Crippen LogP contribution is -2.41. The number of sulfone groups is 1. The molecule has 2 aliphatic heterocycles. The summed E-state index contributed by atoms with van der Waals surface area (Å²) in [6.45, 7) is 3.01. The average Bonchev–Trinajstić information content (AvgIpc) is 3.18. The fourth-order valence-electron chi connectivity index (χ4n) is 4.32. The van der Waals surface area contributed by atoms with Gasteiger partial charge in [-0.1, -0.05) is 30.3 Å². The highest BCUT2D eigenvalue weighted by atomic mass is 32.2. The average molecular weight is 467 g/mol. The van der Waals surface area contributed by atoms with E-state index >= 15 is 0 Å². The van der Waals surface area contributed by atoms with Crippen molar-refractivity contribution in [1.29, 1.82) is 0 Å². The van der Waals surface area contributed by atoms with Crippen LogP contribution in [0.4, 0.5) is 5.69 Å². The lowest BCUT2D eigenvalue weighted by atomic mass is 10.0. The molecular weight excluding hydrogens is 444 g/mol. The summed E-state index contributed by atoms with van der Waals surface area (Å²) in [5.41, 5.74) is 2.34. The standard InChI is InChI=1S/C23H22N4O5S/c1-15(28)24-19-9-5-8-17-21-18(14-33(30,31)22(17)19)20(23(29)26-10-12-32-13-11-26)25-27(21)16-6-3-2-4-7-16/h2-9H,10-14H2,1H3,(H,24,28). The predicted molar refractivity (Wildman–Crippen MR) is 121 cm³/mol. The van der Waals surface area contributed by atoms with Gasteiger partial charge in [0.25, 0.3) is 5.91 Å². The van der Waals surface area contributed by atoms with E-state index in [2.05, 4.69) is 10.4 Å². The Morgan fingerprint density at radius 1 is 1.03 bits per heavy atom. The van der Waals surface area contributed by atoms with Crippen LogP contribution in [0.15, 0.2) is 53.4 Å². The number of rotatable bonds is 3. The molecule has 2 aliphatic rings. The second-order valence-electron chi connectivity index (χ2n) is 7.95. The Balaban J connectivity index is 1.77. The Hall–Kier alpha value is -3.50. The molecule has 170 valence electrons. The Kier molecular flexibility index (Phi) is 5.26. The highest BCUT2D eigenvalue weighted by Crippen LogP contribution is 2.44. The number of hydrogen-bond donors (Lipinski definition) is 1. The second kappa shape index (κ2) is 8.13. The first-order chi connectivity index (χ1) is 15.9. The molecule has 3 heterocycles. The largest absolute Gasteiger partial charge is 0.378 e. The molecule has 1 aromatic heterocycles. The summed E-state index contributed by atoms with van der Waals surface area (Å²) in [6, 6.07) is 14.2. The molecule has 0 bridgehead atoms. The molecule has 0 saturated carbocycles. The van der Waals surface area contributed by atoms with Crippen LogP contribution in [0.25, 0.3) is 16.9 Å². The van der Waals surface area contributed by atoms with Crippen molar-refractivity contribution < 1.29 is 22.7 Å². The maximum Gasteiger partial charge on any atom is 0.274 e. The first-order valence-corrected chi connectivity index (χ1v) is 12.2. The van der Waals surface area contributed by atoms with Crippen LogP contribution in [0.5, 0.6) is 0 Å². The van der Waals surface area contributed by atoms with Crippen molar-refractivity contribution in [3.63, 3.8) is 0 Å². The summed E-state index contributed by atoms with van der Waals surface area (Å²) in [7, 11) is -3.85. The minimum absolute atomic E-state index is 0.0372. The SMILES string of the molecule is CC(=O)Nc1cccc2c1S(=O)(=O)Cc1c(C(=O)N3CCOCC3)nn(-c3ccccc3)c1-2. The van der Waals surface area contributed by atoms with Gasteiger partial charge in [0.2, 0.25) is 5.91 Å². The van der Waals surface area contributed by atoms with Crippen LogP contribution in [0.3, 0.4) is 0 Å². The summed E-state index contributed by atoms with van der Waals surface area (Å²) in [5.74, 6) is -1.07. The van der Waals surface area contributed by atoms with Crippen molar-refractivity contribution in [2.75, 3.05) is 31.6 Å². The molecular formula is C23H22N4O5S. The van der Waals surface area contributed by atoms with Crippen LogP contribution in [0.2, 0.25) is 0 Å². The Labute approximate surface area is 190 Å². The summed E-state index contributed by atoms with van der Waals surface area (Å²) in [5, 5.41) is 7.25. The van der Waals surface area contributed by atoms with Crippen molar-refractivity contribution in [3.05, 3.63) is 59.8 Å². The molecule has 1 N–H and O–H groups in total. The molecule has 0 aliphatic carbocycles. The zero-order valence-electron chi connectivity index (χ0n) is 17.9. The van der Waals surface area contributed by atoms with Crippen LogP contribution in [-0.2, 0) is 25.1 Å². The number of nitrogens with zero attached hydrogens (tertiary/aromatic N) is 3. The Morgan fingerprint density at radius 2 is 1.76 bits per heavy atom. The third kappa shape index (κ3) is 3.70. The molecule has 9 nitrogen and oxygen atoms in total. The third-order valence-corrected chi connectivity index (χ3v) is 7.44. The molecule has 1 saturated heterocycles. The second-order valence-corrected chi connectivity index (χ2v) is 9.88. The van der Waals surface area contributed by atoms with Gasteiger partial charge >= 0.3 is 0 Å². The van der Waals surface area contributed by atoms with Crippen molar-refractivity contribution in [3.8, 4) is 16.9 Å². The highest BCUT2D eigenvalue weighted by Gasteiger charge is 2.38. The topological polar surface area (TPSA) is 111 Å². The van der Waals surface area contributed by atoms with Crippen molar-refractivity contribution in [2.45, 2.75) is 17.6 Å². The molecule has 3 aromatic rings. The van der Waals surface area contributed by atoms with Crippen LogP contribution < -0.4 is 5.32 Å². The number of nitrogens with one attached hydrogen (secondary N) is 1. The summed E-state index contributed by atoms with van der Waals surface area (Å²) in [4.78, 5) is 26.8. The number of carbonyl (C=O) groups is 2. The Bertz CT molecular complexity index is 1360. The van der Waals surface area contributed by atoms with E-state index in [-0.39, 0.29) is 33.8 Å². The van der Waals surface area contributed by atoms with Gasteiger partial charge in [0.05, 0.1) is 36.0 Å². The summed E-state index contributed by atoms with van der Waals surface area (Å²) in [6.07, 6.45) is 0. The summed E-state index contributed by atoms with van der Waals surface area (Å²) >= 11 is 0. The monoisotopic (exact) mass is 466 g/mol. The molecule has 1 fully saturated rings. The smallest absolute Gasteiger partial charge is 0.274 e. The number of anilines is 1. The van der Waals surface area contributed by atoms with E-state index in [9.17, 15) is 18.0 Å². The highest BCUT2D eigenvalue weighted by molar-refractivity contribution is 7.91. The third-order valence-electron chi connectivity index (χ3n) is 5.71. The number of amides is 2. The van der Waals surface area contributed by atoms with E-state index in [4.69, 9.17) is 4.74 Å². The molecule has 0 atom stereocenters. The Morgan fingerprint density at radius 3 is 2.45 bits per heavy atom. The molecule has 10 heteroatoms. The number of ether oxygens (including phenoxy) is 1. The van der Waals surface area contributed by atoms with Crippen LogP contribution in [0.1, 0.15) is 23.0 Å².